The van der Waals surface area contributed by atoms with Crippen LogP contribution in [0.4, 0.5) is 0 Å². The molecule has 1 saturated heterocycles. The molecule has 0 spiro atoms. The number of aryl methyl sites for hydroxylation is 1. The van der Waals surface area contributed by atoms with Gasteiger partial charge in [0.25, 0.3) is 0 Å². The van der Waals surface area contributed by atoms with E-state index >= 15 is 0 Å². The maximum Gasteiger partial charge on any atom is 0.0504 e. The number of benzene rings is 2. The number of hydrogen-bond acceptors (Lipinski definition) is 0. The van der Waals surface area contributed by atoms with Crippen LogP contribution in [0.5, 0.6) is 0 Å². The molecule has 1 nitrogen and oxygen atoms in total. The van der Waals surface area contributed by atoms with Gasteiger partial charge in [0.05, 0.1) is 8.07 Å². The summed E-state index contributed by atoms with van der Waals surface area (Å²) >= 11 is 0. The third-order valence-corrected chi connectivity index (χ3v) is 10.3. The summed E-state index contributed by atoms with van der Waals surface area (Å²) < 4.78 is 2.54. The minimum absolute atomic E-state index is 0.735. The Bertz CT molecular complexity index is 744. The second-order valence-corrected chi connectivity index (χ2v) is 12.4. The van der Waals surface area contributed by atoms with Crippen LogP contribution in [0.2, 0.25) is 24.7 Å². The average Bonchev–Trinajstić information content (AvgIpc) is 2.84. The Kier molecular flexibility index (Phi) is 3.57. The summed E-state index contributed by atoms with van der Waals surface area (Å²) in [5, 5.41) is 2.80. The van der Waals surface area contributed by atoms with Gasteiger partial charge in [0.2, 0.25) is 0 Å². The molecular weight excluding hydrogens is 282 g/mol. The lowest BCUT2D eigenvalue weighted by Gasteiger charge is -2.36. The summed E-state index contributed by atoms with van der Waals surface area (Å²) in [6, 6.07) is 22.4. The first-order valence-corrected chi connectivity index (χ1v) is 11.9. The van der Waals surface area contributed by atoms with E-state index in [-0.39, 0.29) is 0 Å². The minimum atomic E-state index is -0.735. The van der Waals surface area contributed by atoms with Crippen LogP contribution in [0.15, 0.2) is 48.5 Å². The van der Waals surface area contributed by atoms with Crippen molar-refractivity contribution < 1.29 is 0 Å². The molecule has 2 heteroatoms. The first-order chi connectivity index (χ1) is 10.8. The highest BCUT2D eigenvalue weighted by Crippen LogP contribution is 2.37. The van der Waals surface area contributed by atoms with E-state index < -0.39 is 8.07 Å². The third kappa shape index (κ3) is 2.40. The SMILES string of the molecule is C[Si]1(CCCCn2c3ccccc3c3ccccc32)CCC1. The molecule has 1 aliphatic rings. The van der Waals surface area contributed by atoms with E-state index in [0.29, 0.717) is 0 Å². The number of hydrogen-bond donors (Lipinski definition) is 0. The Hall–Kier alpha value is -1.54. The molecule has 0 aliphatic carbocycles. The van der Waals surface area contributed by atoms with Crippen LogP contribution >= 0.6 is 0 Å². The van der Waals surface area contributed by atoms with E-state index in [0.717, 1.165) is 0 Å². The Morgan fingerprint density at radius 3 is 2.00 bits per heavy atom. The van der Waals surface area contributed by atoms with E-state index in [1.54, 1.807) is 18.1 Å². The Balaban J connectivity index is 1.57. The van der Waals surface area contributed by atoms with Crippen LogP contribution in [0.25, 0.3) is 21.8 Å². The van der Waals surface area contributed by atoms with Crippen molar-refractivity contribution in [3.8, 4) is 0 Å². The van der Waals surface area contributed by atoms with Gasteiger partial charge in [-0.1, -0.05) is 73.9 Å². The molecule has 0 bridgehead atoms. The van der Waals surface area contributed by atoms with Crippen molar-refractivity contribution in [1.29, 1.82) is 0 Å². The van der Waals surface area contributed by atoms with Crippen molar-refractivity contribution in [2.24, 2.45) is 0 Å². The van der Waals surface area contributed by atoms with Crippen LogP contribution < -0.4 is 0 Å². The van der Waals surface area contributed by atoms with Crippen LogP contribution in [-0.4, -0.2) is 12.6 Å². The van der Waals surface area contributed by atoms with E-state index in [9.17, 15) is 0 Å². The summed E-state index contributed by atoms with van der Waals surface area (Å²) in [5.41, 5.74) is 2.80. The van der Waals surface area contributed by atoms with Crippen molar-refractivity contribution in [3.63, 3.8) is 0 Å². The predicted molar refractivity (Wildman–Crippen MR) is 99.3 cm³/mol. The second kappa shape index (κ2) is 5.58. The summed E-state index contributed by atoms with van der Waals surface area (Å²) in [4.78, 5) is 0. The van der Waals surface area contributed by atoms with Crippen molar-refractivity contribution in [2.45, 2.75) is 50.5 Å². The van der Waals surface area contributed by atoms with Gasteiger partial charge in [-0.25, -0.2) is 0 Å². The van der Waals surface area contributed by atoms with Gasteiger partial charge >= 0.3 is 0 Å². The molecule has 1 aromatic heterocycles. The molecule has 22 heavy (non-hydrogen) atoms. The van der Waals surface area contributed by atoms with Gasteiger partial charge in [-0.05, 0) is 18.6 Å². The van der Waals surface area contributed by atoms with Crippen LogP contribution in [0.3, 0.4) is 0 Å². The van der Waals surface area contributed by atoms with E-state index in [4.69, 9.17) is 0 Å². The van der Waals surface area contributed by atoms with Gasteiger partial charge in [-0.15, -0.1) is 0 Å². The average molecular weight is 308 g/mol. The second-order valence-electron chi connectivity index (χ2n) is 7.31. The summed E-state index contributed by atoms with van der Waals surface area (Å²) in [6.07, 6.45) is 4.25. The highest BCUT2D eigenvalue weighted by Gasteiger charge is 2.32. The van der Waals surface area contributed by atoms with Gasteiger partial charge in [0.15, 0.2) is 0 Å². The van der Waals surface area contributed by atoms with Crippen LogP contribution in [0, 0.1) is 0 Å². The van der Waals surface area contributed by atoms with Gasteiger partial charge in [-0.3, -0.25) is 0 Å². The predicted octanol–water partition coefficient (Wildman–Crippen LogP) is 6.06. The molecule has 0 unspecified atom stereocenters. The minimum Gasteiger partial charge on any atom is -0.340 e. The molecular formula is C20H25NSi. The van der Waals surface area contributed by atoms with Crippen molar-refractivity contribution in [1.82, 2.24) is 4.57 Å². The number of nitrogens with zero attached hydrogens (tertiary/aromatic N) is 1. The Labute approximate surface area is 134 Å². The maximum atomic E-state index is 2.61. The monoisotopic (exact) mass is 307 g/mol. The van der Waals surface area contributed by atoms with E-state index in [1.165, 1.54) is 47.6 Å². The first kappa shape index (κ1) is 14.1. The number of rotatable bonds is 5. The Morgan fingerprint density at radius 1 is 0.864 bits per heavy atom. The van der Waals surface area contributed by atoms with Crippen LogP contribution in [0.1, 0.15) is 19.3 Å². The van der Waals surface area contributed by atoms with Gasteiger partial charge < -0.3 is 4.57 Å². The number of fused-ring (bicyclic) bond motifs is 3. The molecule has 0 N–H and O–H groups in total. The number of aromatic nitrogens is 1. The van der Waals surface area contributed by atoms with Gasteiger partial charge in [0.1, 0.15) is 0 Å². The van der Waals surface area contributed by atoms with Crippen molar-refractivity contribution >= 4 is 29.9 Å². The molecule has 0 radical (unpaired) electrons. The van der Waals surface area contributed by atoms with E-state index in [1.807, 2.05) is 0 Å². The highest BCUT2D eigenvalue weighted by molar-refractivity contribution is 6.81. The van der Waals surface area contributed by atoms with Gasteiger partial charge in [0, 0.05) is 28.4 Å². The largest absolute Gasteiger partial charge is 0.340 e. The third-order valence-electron chi connectivity index (χ3n) is 5.65. The first-order valence-electron chi connectivity index (χ1n) is 8.73. The zero-order valence-corrected chi connectivity index (χ0v) is 14.5. The normalized spacial score (nSPS) is 17.0. The molecule has 0 saturated carbocycles. The zero-order chi connectivity index (χ0) is 15.0. The molecule has 0 atom stereocenters. The standard InChI is InChI=1S/C20H25NSi/c1-22(15-8-16-22)14-7-6-13-21-19-11-4-2-9-17(19)18-10-3-5-12-20(18)21/h2-5,9-12H,6-8,13-16H2,1H3. The fourth-order valence-corrected chi connectivity index (χ4v) is 7.26. The van der Waals surface area contributed by atoms with Crippen LogP contribution in [-0.2, 0) is 6.54 Å². The maximum absolute atomic E-state index is 2.61. The lowest BCUT2D eigenvalue weighted by molar-refractivity contribution is 0.654. The number of para-hydroxylation sites is 2. The summed E-state index contributed by atoms with van der Waals surface area (Å²) in [5.74, 6) is 0. The fourth-order valence-electron chi connectivity index (χ4n) is 4.10. The fraction of sp³-hybridized carbons (Fsp3) is 0.400. The smallest absolute Gasteiger partial charge is 0.0504 e. The molecule has 0 amide bonds. The zero-order valence-electron chi connectivity index (χ0n) is 13.5. The molecule has 3 aromatic rings. The quantitative estimate of drug-likeness (QED) is 0.399. The molecule has 1 aliphatic heterocycles. The topological polar surface area (TPSA) is 4.93 Å². The molecule has 2 aromatic carbocycles. The van der Waals surface area contributed by atoms with Crippen molar-refractivity contribution in [2.75, 3.05) is 0 Å². The molecule has 4 rings (SSSR count). The molecule has 2 heterocycles. The lowest BCUT2D eigenvalue weighted by atomic mass is 10.2. The van der Waals surface area contributed by atoms with E-state index in [2.05, 4.69) is 59.6 Å². The summed E-state index contributed by atoms with van der Waals surface area (Å²) in [6.45, 7) is 3.77. The number of unbranched alkanes of at least 4 members (excludes halogenated alkanes) is 1. The van der Waals surface area contributed by atoms with Gasteiger partial charge in [-0.2, -0.15) is 0 Å². The summed E-state index contributed by atoms with van der Waals surface area (Å²) in [7, 11) is -0.735. The molecule has 114 valence electrons. The lowest BCUT2D eigenvalue weighted by Crippen LogP contribution is -2.37. The van der Waals surface area contributed by atoms with Crippen molar-refractivity contribution in [3.05, 3.63) is 48.5 Å². The highest BCUT2D eigenvalue weighted by atomic mass is 28.3. The molecule has 1 fully saturated rings. The Morgan fingerprint density at radius 2 is 1.45 bits per heavy atom.